The topological polar surface area (TPSA) is 131 Å². The summed E-state index contributed by atoms with van der Waals surface area (Å²) in [6.07, 6.45) is 3.52. The van der Waals surface area contributed by atoms with Crippen molar-refractivity contribution < 1.29 is 29.7 Å². The number of hydrogen-bond donors (Lipinski definition) is 5. The Bertz CT molecular complexity index is 719. The molecule has 0 aliphatic heterocycles. The van der Waals surface area contributed by atoms with Gasteiger partial charge in [-0.05, 0) is 30.2 Å². The van der Waals surface area contributed by atoms with Crippen molar-refractivity contribution in [3.05, 3.63) is 53.8 Å². The van der Waals surface area contributed by atoms with Crippen LogP contribution < -0.4 is 0 Å². The van der Waals surface area contributed by atoms with Crippen LogP contribution in [0.25, 0.3) is 0 Å². The minimum Gasteiger partial charge on any atom is -0.508 e. The van der Waals surface area contributed by atoms with Crippen molar-refractivity contribution in [1.29, 1.82) is 0 Å². The molecule has 3 unspecified atom stereocenters. The number of aromatic hydroxyl groups is 1. The Labute approximate surface area is 139 Å². The number of aliphatic hydroxyl groups is 2. The zero-order valence-corrected chi connectivity index (χ0v) is 13.9. The number of benzene rings is 1. The monoisotopic (exact) mass is 353 g/mol. The van der Waals surface area contributed by atoms with E-state index in [0.29, 0.717) is 6.42 Å². The van der Waals surface area contributed by atoms with Crippen molar-refractivity contribution in [1.82, 2.24) is 0 Å². The molecule has 0 amide bonds. The normalized spacial score (nSPS) is 22.2. The molecular weight excluding hydrogens is 333 g/mol. The molecule has 8 heteroatoms. The molecule has 0 heterocycles. The van der Waals surface area contributed by atoms with Crippen molar-refractivity contribution >= 4 is 13.5 Å². The second kappa shape index (κ2) is 7.32. The molecule has 2 rings (SSSR count). The quantitative estimate of drug-likeness (QED) is 0.517. The van der Waals surface area contributed by atoms with E-state index in [2.05, 4.69) is 4.76 Å². The zero-order valence-electron chi connectivity index (χ0n) is 13.0. The van der Waals surface area contributed by atoms with Crippen LogP contribution in [0.2, 0.25) is 0 Å². The summed E-state index contributed by atoms with van der Waals surface area (Å²) in [6, 6.07) is 6.40. The number of nitrogens with zero attached hydrogens (tertiary/aromatic N) is 1. The lowest BCUT2D eigenvalue weighted by Gasteiger charge is -2.29. The Morgan fingerprint density at radius 3 is 2.38 bits per heavy atom. The van der Waals surface area contributed by atoms with E-state index < -0.39 is 19.8 Å². The lowest BCUT2D eigenvalue weighted by atomic mass is 9.80. The fraction of sp³-hybridized carbons (Fsp3) is 0.312. The van der Waals surface area contributed by atoms with Crippen LogP contribution in [0.1, 0.15) is 24.8 Å². The van der Waals surface area contributed by atoms with Crippen LogP contribution in [0, 0.1) is 5.92 Å². The second-order valence-electron chi connectivity index (χ2n) is 5.59. The fourth-order valence-corrected chi connectivity index (χ4v) is 3.27. The molecule has 130 valence electrons. The number of rotatable bonds is 5. The average Bonchev–Trinajstić information content (AvgIpc) is 2.48. The molecule has 0 bridgehead atoms. The van der Waals surface area contributed by atoms with Gasteiger partial charge in [-0.15, -0.1) is 0 Å². The molecule has 24 heavy (non-hydrogen) atoms. The van der Waals surface area contributed by atoms with Gasteiger partial charge in [0, 0.05) is 17.9 Å². The third-order valence-electron chi connectivity index (χ3n) is 3.90. The summed E-state index contributed by atoms with van der Waals surface area (Å²) < 4.78 is 14.5. The maximum absolute atomic E-state index is 11.2. The molecule has 0 fully saturated rings. The Hall–Kier alpha value is -1.92. The molecule has 0 spiro atoms. The summed E-state index contributed by atoms with van der Waals surface area (Å²) in [5.74, 6) is -1.19. The third kappa shape index (κ3) is 4.55. The lowest BCUT2D eigenvalue weighted by Crippen LogP contribution is -2.32. The van der Waals surface area contributed by atoms with E-state index in [1.807, 2.05) is 6.92 Å². The number of phenols is 1. The van der Waals surface area contributed by atoms with Gasteiger partial charge in [0.1, 0.15) is 11.5 Å². The molecule has 0 aromatic heterocycles. The molecule has 0 saturated carbocycles. The number of phenolic OH excluding ortho intramolecular Hbond substituents is 1. The van der Waals surface area contributed by atoms with Crippen molar-refractivity contribution in [3.8, 4) is 5.75 Å². The van der Waals surface area contributed by atoms with Gasteiger partial charge in [0.25, 0.3) is 0 Å². The van der Waals surface area contributed by atoms with E-state index in [9.17, 15) is 19.9 Å². The molecule has 1 aromatic carbocycles. The Morgan fingerprint density at radius 1 is 1.21 bits per heavy atom. The van der Waals surface area contributed by atoms with Crippen LogP contribution in [0.4, 0.5) is 0 Å². The molecule has 1 aliphatic rings. The Balaban J connectivity index is 2.36. The van der Waals surface area contributed by atoms with E-state index in [1.54, 1.807) is 12.1 Å². The summed E-state index contributed by atoms with van der Waals surface area (Å²) in [5.41, 5.74) is 0.707. The molecule has 5 N–H and O–H groups in total. The maximum Gasteiger partial charge on any atom is 0.448 e. The van der Waals surface area contributed by atoms with E-state index in [1.165, 1.54) is 24.3 Å². The molecule has 3 atom stereocenters. The van der Waals surface area contributed by atoms with E-state index in [-0.39, 0.29) is 23.1 Å². The first-order valence-corrected chi connectivity index (χ1v) is 8.99. The second-order valence-corrected chi connectivity index (χ2v) is 6.82. The highest BCUT2D eigenvalue weighted by atomic mass is 31.2. The third-order valence-corrected chi connectivity index (χ3v) is 4.39. The molecule has 1 aliphatic carbocycles. The number of allylic oxidation sites excluding steroid dienone is 2. The van der Waals surface area contributed by atoms with Gasteiger partial charge in [0.2, 0.25) is 0 Å². The van der Waals surface area contributed by atoms with E-state index >= 15 is 0 Å². The predicted octanol–water partition coefficient (Wildman–Crippen LogP) is 2.41. The highest BCUT2D eigenvalue weighted by molar-refractivity contribution is 7.50. The van der Waals surface area contributed by atoms with Crippen LogP contribution in [0.5, 0.6) is 5.75 Å². The van der Waals surface area contributed by atoms with Crippen molar-refractivity contribution in [3.63, 3.8) is 0 Å². The smallest absolute Gasteiger partial charge is 0.448 e. The fourth-order valence-electron chi connectivity index (χ4n) is 2.78. The number of aliphatic hydroxyl groups excluding tert-OH is 2. The minimum atomic E-state index is -4.70. The number of hydrogen-bond acceptors (Lipinski definition) is 4. The summed E-state index contributed by atoms with van der Waals surface area (Å²) in [7, 11) is -4.70. The predicted molar refractivity (Wildman–Crippen MR) is 90.0 cm³/mol. The minimum absolute atomic E-state index is 0.0759. The lowest BCUT2D eigenvalue weighted by molar-refractivity contribution is 0.122. The van der Waals surface area contributed by atoms with Gasteiger partial charge in [-0.2, -0.15) is 4.76 Å². The van der Waals surface area contributed by atoms with E-state index in [0.717, 1.165) is 11.6 Å². The molecular formula is C16H20NO6P. The first kappa shape index (κ1) is 18.4. The van der Waals surface area contributed by atoms with Crippen molar-refractivity contribution in [2.75, 3.05) is 0 Å². The SMILES string of the molecule is CCC(c1ccc(O)cc1)C(O)C1C=CC(O)=CC1=NP(=O)(O)O. The highest BCUT2D eigenvalue weighted by Crippen LogP contribution is 2.39. The molecule has 0 saturated heterocycles. The first-order valence-electron chi connectivity index (χ1n) is 7.43. The average molecular weight is 353 g/mol. The standard InChI is InChI=1S/C16H20NO6P/c1-2-13(10-3-5-11(18)6-4-10)16(20)14-8-7-12(19)9-15(14)17-24(21,22)23/h3-9,13-14,16,18-20H,2H2,1H3,(H2,21,22,23). The van der Waals surface area contributed by atoms with Crippen molar-refractivity contribution in [2.45, 2.75) is 25.4 Å². The Kier molecular flexibility index (Phi) is 5.62. The summed E-state index contributed by atoms with van der Waals surface area (Å²) >= 11 is 0. The van der Waals surface area contributed by atoms with Crippen LogP contribution in [-0.2, 0) is 4.57 Å². The van der Waals surface area contributed by atoms with E-state index in [4.69, 9.17) is 9.79 Å². The zero-order chi connectivity index (χ0) is 17.9. The first-order chi connectivity index (χ1) is 11.2. The summed E-state index contributed by atoms with van der Waals surface area (Å²) in [6.45, 7) is 1.88. The molecule has 0 radical (unpaired) electrons. The van der Waals surface area contributed by atoms with Crippen LogP contribution in [-0.4, -0.2) is 36.9 Å². The maximum atomic E-state index is 11.2. The van der Waals surface area contributed by atoms with Gasteiger partial charge >= 0.3 is 7.75 Å². The molecule has 1 aromatic rings. The highest BCUT2D eigenvalue weighted by Gasteiger charge is 2.32. The van der Waals surface area contributed by atoms with Crippen LogP contribution in [0.15, 0.2) is 53.0 Å². The van der Waals surface area contributed by atoms with Crippen molar-refractivity contribution in [2.24, 2.45) is 10.7 Å². The van der Waals surface area contributed by atoms with Crippen LogP contribution in [0.3, 0.4) is 0 Å². The van der Waals surface area contributed by atoms with Gasteiger partial charge in [-0.25, -0.2) is 4.57 Å². The van der Waals surface area contributed by atoms with Gasteiger partial charge < -0.3 is 25.1 Å². The van der Waals surface area contributed by atoms with Gasteiger partial charge in [0.15, 0.2) is 0 Å². The Morgan fingerprint density at radius 2 is 1.83 bits per heavy atom. The van der Waals surface area contributed by atoms with Gasteiger partial charge in [-0.1, -0.05) is 25.1 Å². The summed E-state index contributed by atoms with van der Waals surface area (Å²) in [5, 5.41) is 29.7. The van der Waals surface area contributed by atoms with Crippen LogP contribution >= 0.6 is 7.75 Å². The van der Waals surface area contributed by atoms with Gasteiger partial charge in [-0.3, -0.25) is 0 Å². The molecule has 7 nitrogen and oxygen atoms in total. The largest absolute Gasteiger partial charge is 0.508 e. The van der Waals surface area contributed by atoms with Gasteiger partial charge in [0.05, 0.1) is 11.8 Å². The summed E-state index contributed by atoms with van der Waals surface area (Å²) in [4.78, 5) is 18.2.